The zero-order valence-electron chi connectivity index (χ0n) is 10.7. The zero-order chi connectivity index (χ0) is 12.8. The second kappa shape index (κ2) is 6.19. The summed E-state index contributed by atoms with van der Waals surface area (Å²) in [6.45, 7) is 9.11. The lowest BCUT2D eigenvalue weighted by Gasteiger charge is -2.13. The molecule has 0 radical (unpaired) electrons. The predicted molar refractivity (Wildman–Crippen MR) is 72.7 cm³/mol. The summed E-state index contributed by atoms with van der Waals surface area (Å²) in [5.74, 6) is -0.262. The monoisotopic (exact) mass is 230 g/mol. The van der Waals surface area contributed by atoms with E-state index < -0.39 is 0 Å². The molecule has 0 amide bonds. The molecule has 17 heavy (non-hydrogen) atoms. The molecule has 0 saturated carbocycles. The van der Waals surface area contributed by atoms with Gasteiger partial charge in [0.25, 0.3) is 0 Å². The Labute approximate surface area is 103 Å². The maximum Gasteiger partial charge on any atom is 0.118 e. The van der Waals surface area contributed by atoms with Crippen LogP contribution in [0.4, 0.5) is 4.39 Å². The summed E-state index contributed by atoms with van der Waals surface area (Å²) in [5.41, 5.74) is 3.01. The minimum absolute atomic E-state index is 0.105. The van der Waals surface area contributed by atoms with Crippen LogP contribution in [-0.2, 0) is 0 Å². The van der Waals surface area contributed by atoms with Gasteiger partial charge in [0, 0.05) is 5.92 Å². The molecular formula is C16H19F. The van der Waals surface area contributed by atoms with Gasteiger partial charge in [-0.1, -0.05) is 49.1 Å². The Kier molecular flexibility index (Phi) is 4.89. The van der Waals surface area contributed by atoms with Gasteiger partial charge in [-0.3, -0.25) is 0 Å². The van der Waals surface area contributed by atoms with Gasteiger partial charge in [0.15, 0.2) is 0 Å². The number of allylic oxidation sites excluding steroid dienone is 5. The average molecular weight is 230 g/mol. The summed E-state index contributed by atoms with van der Waals surface area (Å²) >= 11 is 0. The molecule has 1 rings (SSSR count). The van der Waals surface area contributed by atoms with Crippen LogP contribution < -0.4 is 0 Å². The summed E-state index contributed by atoms with van der Waals surface area (Å²) < 4.78 is 13.0. The van der Waals surface area contributed by atoms with E-state index in [2.05, 4.69) is 31.7 Å². The molecule has 0 bridgehead atoms. The average Bonchev–Trinajstić information content (AvgIpc) is 2.29. The highest BCUT2D eigenvalue weighted by molar-refractivity contribution is 5.38. The van der Waals surface area contributed by atoms with E-state index in [9.17, 15) is 4.39 Å². The summed E-state index contributed by atoms with van der Waals surface area (Å²) in [6.07, 6.45) is 5.96. The second-order valence-corrected chi connectivity index (χ2v) is 4.16. The third-order valence-electron chi connectivity index (χ3n) is 2.80. The Morgan fingerprint density at radius 1 is 1.35 bits per heavy atom. The SMILES string of the molecule is C=C(F)C(C)=CC(/C=C\C)c1ccccc1C. The van der Waals surface area contributed by atoms with Gasteiger partial charge >= 0.3 is 0 Å². The summed E-state index contributed by atoms with van der Waals surface area (Å²) in [5, 5.41) is 0. The third kappa shape index (κ3) is 3.70. The van der Waals surface area contributed by atoms with Crippen molar-refractivity contribution < 1.29 is 4.39 Å². The first-order valence-corrected chi connectivity index (χ1v) is 5.77. The van der Waals surface area contributed by atoms with Crippen molar-refractivity contribution in [3.63, 3.8) is 0 Å². The molecule has 0 saturated heterocycles. The molecule has 1 unspecified atom stereocenters. The van der Waals surface area contributed by atoms with Crippen molar-refractivity contribution in [2.75, 3.05) is 0 Å². The normalized spacial score (nSPS) is 14.0. The van der Waals surface area contributed by atoms with Crippen LogP contribution in [0.25, 0.3) is 0 Å². The predicted octanol–water partition coefficient (Wildman–Crippen LogP) is 5.08. The standard InChI is InChI=1S/C16H19F/c1-5-8-15(11-13(3)14(4)17)16-10-7-6-9-12(16)2/h5-11,15H,4H2,1-3H3/b8-5-,13-11?. The van der Waals surface area contributed by atoms with E-state index in [1.54, 1.807) is 6.92 Å². The van der Waals surface area contributed by atoms with Crippen molar-refractivity contribution in [2.45, 2.75) is 26.7 Å². The minimum atomic E-state index is -0.368. The van der Waals surface area contributed by atoms with Crippen LogP contribution in [-0.4, -0.2) is 0 Å². The number of benzene rings is 1. The Bertz CT molecular complexity index is 452. The molecule has 90 valence electrons. The van der Waals surface area contributed by atoms with E-state index in [1.165, 1.54) is 11.1 Å². The maximum absolute atomic E-state index is 13.0. The molecule has 0 nitrogen and oxygen atoms in total. The molecule has 1 aromatic carbocycles. The van der Waals surface area contributed by atoms with Crippen LogP contribution in [0, 0.1) is 6.92 Å². The van der Waals surface area contributed by atoms with Gasteiger partial charge < -0.3 is 0 Å². The number of aryl methyl sites for hydroxylation is 1. The van der Waals surface area contributed by atoms with Gasteiger partial charge in [-0.25, -0.2) is 4.39 Å². The highest BCUT2D eigenvalue weighted by Gasteiger charge is 2.08. The lowest BCUT2D eigenvalue weighted by Crippen LogP contribution is -1.96. The van der Waals surface area contributed by atoms with E-state index >= 15 is 0 Å². The first kappa shape index (κ1) is 13.4. The Hall–Kier alpha value is -1.63. The third-order valence-corrected chi connectivity index (χ3v) is 2.80. The fraction of sp³-hybridized carbons (Fsp3) is 0.250. The van der Waals surface area contributed by atoms with Crippen molar-refractivity contribution in [3.8, 4) is 0 Å². The Balaban J connectivity index is 3.15. The quantitative estimate of drug-likeness (QED) is 0.499. The highest BCUT2D eigenvalue weighted by Crippen LogP contribution is 2.25. The Morgan fingerprint density at radius 3 is 2.53 bits per heavy atom. The first-order chi connectivity index (χ1) is 8.06. The van der Waals surface area contributed by atoms with E-state index in [4.69, 9.17) is 0 Å². The van der Waals surface area contributed by atoms with Gasteiger partial charge in [-0.15, -0.1) is 0 Å². The van der Waals surface area contributed by atoms with Gasteiger partial charge in [-0.05, 0) is 37.5 Å². The lowest BCUT2D eigenvalue weighted by molar-refractivity contribution is 0.654. The van der Waals surface area contributed by atoms with E-state index in [1.807, 2.05) is 31.2 Å². The zero-order valence-corrected chi connectivity index (χ0v) is 10.7. The molecule has 0 aromatic heterocycles. The summed E-state index contributed by atoms with van der Waals surface area (Å²) in [4.78, 5) is 0. The van der Waals surface area contributed by atoms with Gasteiger partial charge in [0.05, 0.1) is 0 Å². The molecule has 1 heteroatoms. The number of halogens is 1. The molecular weight excluding hydrogens is 211 g/mol. The fourth-order valence-electron chi connectivity index (χ4n) is 1.78. The van der Waals surface area contributed by atoms with Gasteiger partial charge in [0.2, 0.25) is 0 Å². The molecule has 1 atom stereocenters. The molecule has 0 spiro atoms. The van der Waals surface area contributed by atoms with Gasteiger partial charge in [0.1, 0.15) is 5.83 Å². The van der Waals surface area contributed by atoms with Crippen LogP contribution in [0.3, 0.4) is 0 Å². The topological polar surface area (TPSA) is 0 Å². The van der Waals surface area contributed by atoms with Gasteiger partial charge in [-0.2, -0.15) is 0 Å². The van der Waals surface area contributed by atoms with Crippen molar-refractivity contribution in [1.82, 2.24) is 0 Å². The molecule has 0 aliphatic carbocycles. The second-order valence-electron chi connectivity index (χ2n) is 4.16. The number of rotatable bonds is 4. The van der Waals surface area contributed by atoms with Crippen molar-refractivity contribution in [1.29, 1.82) is 0 Å². The molecule has 0 N–H and O–H groups in total. The largest absolute Gasteiger partial charge is 0.207 e. The minimum Gasteiger partial charge on any atom is -0.207 e. The van der Waals surface area contributed by atoms with E-state index in [0.29, 0.717) is 5.57 Å². The lowest BCUT2D eigenvalue weighted by atomic mass is 9.92. The van der Waals surface area contributed by atoms with Crippen molar-refractivity contribution in [2.24, 2.45) is 0 Å². The van der Waals surface area contributed by atoms with Crippen LogP contribution >= 0.6 is 0 Å². The number of hydrogen-bond donors (Lipinski definition) is 0. The van der Waals surface area contributed by atoms with Crippen molar-refractivity contribution in [3.05, 3.63) is 71.6 Å². The fourth-order valence-corrected chi connectivity index (χ4v) is 1.78. The molecule has 1 aromatic rings. The highest BCUT2D eigenvalue weighted by atomic mass is 19.1. The number of hydrogen-bond acceptors (Lipinski definition) is 0. The maximum atomic E-state index is 13.0. The summed E-state index contributed by atoms with van der Waals surface area (Å²) in [6, 6.07) is 8.16. The van der Waals surface area contributed by atoms with Crippen molar-refractivity contribution >= 4 is 0 Å². The first-order valence-electron chi connectivity index (χ1n) is 5.77. The smallest absolute Gasteiger partial charge is 0.118 e. The molecule has 0 fully saturated rings. The Morgan fingerprint density at radius 2 is 2.00 bits per heavy atom. The molecule has 0 aliphatic heterocycles. The van der Waals surface area contributed by atoms with Crippen LogP contribution in [0.15, 0.2) is 60.5 Å². The van der Waals surface area contributed by atoms with Crippen LogP contribution in [0.5, 0.6) is 0 Å². The summed E-state index contributed by atoms with van der Waals surface area (Å²) in [7, 11) is 0. The molecule has 0 heterocycles. The molecule has 0 aliphatic rings. The van der Waals surface area contributed by atoms with E-state index in [0.717, 1.165) is 0 Å². The van der Waals surface area contributed by atoms with E-state index in [-0.39, 0.29) is 11.7 Å². The van der Waals surface area contributed by atoms with Crippen LogP contribution in [0.2, 0.25) is 0 Å². The van der Waals surface area contributed by atoms with Crippen LogP contribution in [0.1, 0.15) is 30.9 Å².